The summed E-state index contributed by atoms with van der Waals surface area (Å²) in [6.07, 6.45) is 1.64. The van der Waals surface area contributed by atoms with Gasteiger partial charge in [-0.2, -0.15) is 0 Å². The van der Waals surface area contributed by atoms with Gasteiger partial charge in [-0.25, -0.2) is 13.4 Å². The van der Waals surface area contributed by atoms with Crippen molar-refractivity contribution < 1.29 is 13.5 Å². The Morgan fingerprint density at radius 2 is 2.05 bits per heavy atom. The van der Waals surface area contributed by atoms with E-state index in [1.807, 2.05) is 0 Å². The number of anilines is 1. The van der Waals surface area contributed by atoms with Gasteiger partial charge in [-0.15, -0.1) is 0 Å². The SMILES string of the molecule is CS(=O)(=O)c1cccnc1NCC(O)c1ccc(Cl)cc1Cl. The lowest BCUT2D eigenvalue weighted by molar-refractivity contribution is 0.191. The zero-order valence-corrected chi connectivity index (χ0v) is 14.0. The minimum Gasteiger partial charge on any atom is -0.387 e. The number of rotatable bonds is 5. The second-order valence-electron chi connectivity index (χ2n) is 4.68. The fourth-order valence-corrected chi connectivity index (χ4v) is 3.23. The minimum atomic E-state index is -3.41. The molecule has 2 aromatic rings. The molecule has 1 atom stereocenters. The second kappa shape index (κ2) is 6.83. The molecular weight excluding hydrogens is 347 g/mol. The van der Waals surface area contributed by atoms with Crippen molar-refractivity contribution in [1.29, 1.82) is 0 Å². The Labute approximate surface area is 138 Å². The van der Waals surface area contributed by atoms with E-state index in [2.05, 4.69) is 10.3 Å². The summed E-state index contributed by atoms with van der Waals surface area (Å²) in [6.45, 7) is 0.0564. The van der Waals surface area contributed by atoms with Crippen molar-refractivity contribution in [2.24, 2.45) is 0 Å². The van der Waals surface area contributed by atoms with Gasteiger partial charge in [0.2, 0.25) is 0 Å². The number of sulfone groups is 1. The smallest absolute Gasteiger partial charge is 0.179 e. The van der Waals surface area contributed by atoms with Crippen molar-refractivity contribution in [2.45, 2.75) is 11.0 Å². The molecule has 8 heteroatoms. The Bertz CT molecular complexity index is 781. The first-order valence-electron chi connectivity index (χ1n) is 6.31. The monoisotopic (exact) mass is 360 g/mol. The molecule has 1 aromatic heterocycles. The van der Waals surface area contributed by atoms with Crippen LogP contribution >= 0.6 is 23.2 Å². The molecule has 1 unspecified atom stereocenters. The van der Waals surface area contributed by atoms with Crippen molar-refractivity contribution in [3.05, 3.63) is 52.1 Å². The van der Waals surface area contributed by atoms with Crippen LogP contribution in [0.4, 0.5) is 5.82 Å². The maximum absolute atomic E-state index is 11.7. The zero-order valence-electron chi connectivity index (χ0n) is 11.6. The molecule has 1 heterocycles. The Hall–Kier alpha value is -1.34. The first-order chi connectivity index (χ1) is 10.3. The van der Waals surface area contributed by atoms with Crippen LogP contribution in [0.3, 0.4) is 0 Å². The molecule has 22 heavy (non-hydrogen) atoms. The summed E-state index contributed by atoms with van der Waals surface area (Å²) in [5.74, 6) is 0.189. The largest absolute Gasteiger partial charge is 0.387 e. The van der Waals surface area contributed by atoms with Gasteiger partial charge in [-0.1, -0.05) is 29.3 Å². The molecule has 2 N–H and O–H groups in total. The number of benzene rings is 1. The number of hydrogen-bond acceptors (Lipinski definition) is 5. The number of nitrogens with zero attached hydrogens (tertiary/aromatic N) is 1. The van der Waals surface area contributed by atoms with E-state index in [-0.39, 0.29) is 17.3 Å². The van der Waals surface area contributed by atoms with Crippen LogP contribution in [0.5, 0.6) is 0 Å². The van der Waals surface area contributed by atoms with Gasteiger partial charge in [0, 0.05) is 34.6 Å². The molecule has 5 nitrogen and oxygen atoms in total. The second-order valence-corrected chi connectivity index (χ2v) is 7.51. The summed E-state index contributed by atoms with van der Waals surface area (Å²) in [5, 5.41) is 13.8. The molecule has 0 spiro atoms. The third-order valence-corrected chi connectivity index (χ3v) is 4.65. The van der Waals surface area contributed by atoms with Gasteiger partial charge in [0.15, 0.2) is 9.84 Å². The zero-order chi connectivity index (χ0) is 16.3. The number of aliphatic hydroxyl groups is 1. The van der Waals surface area contributed by atoms with Crippen molar-refractivity contribution in [3.63, 3.8) is 0 Å². The predicted octanol–water partition coefficient (Wildman–Crippen LogP) is 2.94. The molecule has 0 fully saturated rings. The van der Waals surface area contributed by atoms with Crippen LogP contribution in [0.15, 0.2) is 41.4 Å². The summed E-state index contributed by atoms with van der Waals surface area (Å²) in [6, 6.07) is 7.76. The van der Waals surface area contributed by atoms with Crippen LogP contribution < -0.4 is 5.32 Å². The average molecular weight is 361 g/mol. The standard InChI is InChI=1S/C14H14Cl2N2O3S/c1-22(20,21)13-3-2-6-17-14(13)18-8-12(19)10-5-4-9(15)7-11(10)16/h2-7,12,19H,8H2,1H3,(H,17,18). The van der Waals surface area contributed by atoms with Gasteiger partial charge in [0.1, 0.15) is 10.7 Å². The number of pyridine rings is 1. The third kappa shape index (κ3) is 4.10. The quantitative estimate of drug-likeness (QED) is 0.856. The Morgan fingerprint density at radius 1 is 1.32 bits per heavy atom. The van der Waals surface area contributed by atoms with Gasteiger partial charge in [0.05, 0.1) is 6.10 Å². The van der Waals surface area contributed by atoms with E-state index >= 15 is 0 Å². The first kappa shape index (κ1) is 17.0. The summed E-state index contributed by atoms with van der Waals surface area (Å²) < 4.78 is 23.4. The van der Waals surface area contributed by atoms with Gasteiger partial charge in [-0.3, -0.25) is 0 Å². The van der Waals surface area contributed by atoms with Crippen LogP contribution in [0.2, 0.25) is 10.0 Å². The van der Waals surface area contributed by atoms with E-state index < -0.39 is 15.9 Å². The highest BCUT2D eigenvalue weighted by molar-refractivity contribution is 7.90. The normalized spacial score (nSPS) is 12.9. The van der Waals surface area contributed by atoms with E-state index in [0.29, 0.717) is 15.6 Å². The van der Waals surface area contributed by atoms with Crippen LogP contribution in [0.25, 0.3) is 0 Å². The molecule has 0 saturated carbocycles. The molecule has 0 aliphatic heterocycles. The number of aliphatic hydroxyl groups excluding tert-OH is 1. The average Bonchev–Trinajstić information content (AvgIpc) is 2.44. The maximum Gasteiger partial charge on any atom is 0.179 e. The Balaban J connectivity index is 2.17. The van der Waals surface area contributed by atoms with Gasteiger partial charge < -0.3 is 10.4 Å². The number of aromatic nitrogens is 1. The van der Waals surface area contributed by atoms with E-state index in [9.17, 15) is 13.5 Å². The third-order valence-electron chi connectivity index (χ3n) is 2.95. The van der Waals surface area contributed by atoms with Crippen LogP contribution in [-0.2, 0) is 9.84 Å². The van der Waals surface area contributed by atoms with E-state index in [1.165, 1.54) is 24.4 Å². The Kier molecular flexibility index (Phi) is 5.28. The van der Waals surface area contributed by atoms with Crippen molar-refractivity contribution in [3.8, 4) is 0 Å². The predicted molar refractivity (Wildman–Crippen MR) is 87.3 cm³/mol. The molecule has 0 bridgehead atoms. The fraction of sp³-hybridized carbons (Fsp3) is 0.214. The van der Waals surface area contributed by atoms with Gasteiger partial charge in [-0.05, 0) is 24.3 Å². The van der Waals surface area contributed by atoms with Gasteiger partial charge in [0.25, 0.3) is 0 Å². The molecule has 0 aliphatic carbocycles. The summed E-state index contributed by atoms with van der Waals surface area (Å²) in [5.41, 5.74) is 0.496. The highest BCUT2D eigenvalue weighted by Crippen LogP contribution is 2.27. The Morgan fingerprint density at radius 3 is 2.68 bits per heavy atom. The van der Waals surface area contributed by atoms with Crippen LogP contribution in [0, 0.1) is 0 Å². The lowest BCUT2D eigenvalue weighted by Gasteiger charge is -2.15. The van der Waals surface area contributed by atoms with Crippen LogP contribution in [0.1, 0.15) is 11.7 Å². The maximum atomic E-state index is 11.7. The molecule has 0 aliphatic rings. The summed E-state index contributed by atoms with van der Waals surface area (Å²) in [7, 11) is -3.41. The molecule has 2 rings (SSSR count). The van der Waals surface area contributed by atoms with Crippen molar-refractivity contribution >= 4 is 38.9 Å². The minimum absolute atomic E-state index is 0.0564. The molecule has 0 amide bonds. The molecular formula is C14H14Cl2N2O3S. The molecule has 1 aromatic carbocycles. The fourth-order valence-electron chi connectivity index (χ4n) is 1.90. The van der Waals surface area contributed by atoms with Crippen molar-refractivity contribution in [1.82, 2.24) is 4.98 Å². The number of nitrogens with one attached hydrogen (secondary N) is 1. The highest BCUT2D eigenvalue weighted by atomic mass is 35.5. The number of hydrogen-bond donors (Lipinski definition) is 2. The molecule has 0 radical (unpaired) electrons. The lowest BCUT2D eigenvalue weighted by atomic mass is 10.1. The summed E-state index contributed by atoms with van der Waals surface area (Å²) >= 11 is 11.8. The van der Waals surface area contributed by atoms with E-state index in [0.717, 1.165) is 6.26 Å². The first-order valence-corrected chi connectivity index (χ1v) is 8.95. The van der Waals surface area contributed by atoms with Gasteiger partial charge >= 0.3 is 0 Å². The van der Waals surface area contributed by atoms with E-state index in [1.54, 1.807) is 12.1 Å². The lowest BCUT2D eigenvalue weighted by Crippen LogP contribution is -2.15. The van der Waals surface area contributed by atoms with E-state index in [4.69, 9.17) is 23.2 Å². The number of halogens is 2. The highest BCUT2D eigenvalue weighted by Gasteiger charge is 2.16. The van der Waals surface area contributed by atoms with Crippen molar-refractivity contribution in [2.75, 3.05) is 18.1 Å². The molecule has 0 saturated heterocycles. The summed E-state index contributed by atoms with van der Waals surface area (Å²) in [4.78, 5) is 4.07. The topological polar surface area (TPSA) is 79.3 Å². The van der Waals surface area contributed by atoms with Crippen LogP contribution in [-0.4, -0.2) is 31.3 Å². The molecule has 118 valence electrons.